The first kappa shape index (κ1) is 27.3. The van der Waals surface area contributed by atoms with Crippen LogP contribution in [0.4, 0.5) is 5.69 Å². The van der Waals surface area contributed by atoms with E-state index in [2.05, 4.69) is 4.90 Å². The summed E-state index contributed by atoms with van der Waals surface area (Å²) in [6.07, 6.45) is 0. The number of carbonyl (C=O) groups excluding carboxylic acids is 1. The molecule has 11 heteroatoms. The van der Waals surface area contributed by atoms with Crippen LogP contribution >= 0.6 is 11.6 Å². The number of halogens is 1. The molecule has 1 aliphatic heterocycles. The number of ether oxygens (including phenoxy) is 1. The quantitative estimate of drug-likeness (QED) is 0.244. The lowest BCUT2D eigenvalue weighted by atomic mass is 10.1. The van der Waals surface area contributed by atoms with E-state index < -0.39 is 4.92 Å². The molecule has 0 saturated carbocycles. The van der Waals surface area contributed by atoms with Gasteiger partial charge in [-0.25, -0.2) is 4.98 Å². The van der Waals surface area contributed by atoms with Crippen molar-refractivity contribution in [1.82, 2.24) is 19.4 Å². The zero-order valence-electron chi connectivity index (χ0n) is 22.3. The molecule has 1 aromatic heterocycles. The highest BCUT2D eigenvalue weighted by atomic mass is 35.5. The molecule has 1 fully saturated rings. The highest BCUT2D eigenvalue weighted by molar-refractivity contribution is 6.32. The molecule has 0 bridgehead atoms. The summed E-state index contributed by atoms with van der Waals surface area (Å²) >= 11 is 5.93. The first-order valence-corrected chi connectivity index (χ1v) is 13.2. The molecule has 1 saturated heterocycles. The summed E-state index contributed by atoms with van der Waals surface area (Å²) in [5.41, 5.74) is 0.922. The molecule has 0 radical (unpaired) electrons. The van der Waals surface area contributed by atoms with Crippen LogP contribution in [0, 0.1) is 10.1 Å². The number of piperazine rings is 1. The number of nitrogens with zero attached hydrogens (tertiary/aromatic N) is 5. The van der Waals surface area contributed by atoms with Crippen molar-refractivity contribution >= 4 is 34.1 Å². The summed E-state index contributed by atoms with van der Waals surface area (Å²) in [4.78, 5) is 46.7. The van der Waals surface area contributed by atoms with E-state index >= 15 is 0 Å². The predicted molar refractivity (Wildman–Crippen MR) is 152 cm³/mol. The van der Waals surface area contributed by atoms with E-state index in [0.717, 1.165) is 0 Å². The minimum atomic E-state index is -0.597. The van der Waals surface area contributed by atoms with E-state index in [9.17, 15) is 19.7 Å². The van der Waals surface area contributed by atoms with E-state index in [1.54, 1.807) is 28.7 Å². The normalized spacial score (nSPS) is 16.6. The van der Waals surface area contributed by atoms with Crippen LogP contribution in [-0.2, 0) is 0 Å². The summed E-state index contributed by atoms with van der Waals surface area (Å²) in [6, 6.07) is 18.2. The second kappa shape index (κ2) is 11.1. The number of hydrogen-bond acceptors (Lipinski definition) is 7. The van der Waals surface area contributed by atoms with Crippen molar-refractivity contribution in [1.29, 1.82) is 0 Å². The Morgan fingerprint density at radius 1 is 1.12 bits per heavy atom. The molecule has 40 heavy (non-hydrogen) atoms. The topological polar surface area (TPSA) is 111 Å². The number of hydrogen-bond donors (Lipinski definition) is 0. The Morgan fingerprint density at radius 3 is 2.58 bits per heavy atom. The molecule has 2 heterocycles. The Balaban J connectivity index is 1.47. The number of methoxy groups -OCH3 is 1. The van der Waals surface area contributed by atoms with E-state index in [1.807, 2.05) is 50.2 Å². The van der Waals surface area contributed by atoms with Crippen molar-refractivity contribution in [3.8, 4) is 11.4 Å². The first-order valence-electron chi connectivity index (χ1n) is 12.8. The molecule has 5 rings (SSSR count). The fourth-order valence-corrected chi connectivity index (χ4v) is 5.42. The van der Waals surface area contributed by atoms with Crippen molar-refractivity contribution < 1.29 is 14.5 Å². The van der Waals surface area contributed by atoms with E-state index in [0.29, 0.717) is 47.8 Å². The molecule has 0 spiro atoms. The van der Waals surface area contributed by atoms with Crippen LogP contribution < -0.4 is 10.3 Å². The molecular weight excluding hydrogens is 534 g/mol. The van der Waals surface area contributed by atoms with Gasteiger partial charge in [-0.3, -0.25) is 29.2 Å². The van der Waals surface area contributed by atoms with Gasteiger partial charge in [0.25, 0.3) is 17.2 Å². The minimum Gasteiger partial charge on any atom is -0.495 e. The fourth-order valence-electron chi connectivity index (χ4n) is 5.23. The zero-order chi connectivity index (χ0) is 28.6. The van der Waals surface area contributed by atoms with E-state index in [-0.39, 0.29) is 39.8 Å². The van der Waals surface area contributed by atoms with Gasteiger partial charge in [-0.1, -0.05) is 35.9 Å². The molecule has 10 nitrogen and oxygen atoms in total. The highest BCUT2D eigenvalue weighted by Crippen LogP contribution is 2.30. The average molecular weight is 562 g/mol. The van der Waals surface area contributed by atoms with Crippen LogP contribution in [0.3, 0.4) is 0 Å². The van der Waals surface area contributed by atoms with Crippen molar-refractivity contribution in [2.75, 3.05) is 26.7 Å². The van der Waals surface area contributed by atoms with Crippen LogP contribution in [0.15, 0.2) is 71.5 Å². The lowest BCUT2D eigenvalue weighted by Crippen LogP contribution is -2.54. The minimum absolute atomic E-state index is 0.0165. The number of nitro groups is 1. The van der Waals surface area contributed by atoms with Crippen LogP contribution in [0.2, 0.25) is 5.02 Å². The average Bonchev–Trinajstić information content (AvgIpc) is 2.96. The number of para-hydroxylation sites is 3. The van der Waals surface area contributed by atoms with Crippen molar-refractivity contribution in [2.24, 2.45) is 0 Å². The van der Waals surface area contributed by atoms with Crippen LogP contribution in [-0.4, -0.2) is 63.0 Å². The largest absolute Gasteiger partial charge is 0.495 e. The third-order valence-corrected chi connectivity index (χ3v) is 7.68. The first-order chi connectivity index (χ1) is 19.2. The van der Waals surface area contributed by atoms with E-state index in [1.165, 1.54) is 18.2 Å². The molecule has 3 aromatic carbocycles. The van der Waals surface area contributed by atoms with E-state index in [4.69, 9.17) is 21.3 Å². The second-order valence-electron chi connectivity index (χ2n) is 9.74. The van der Waals surface area contributed by atoms with Gasteiger partial charge in [-0.15, -0.1) is 0 Å². The van der Waals surface area contributed by atoms with Crippen molar-refractivity contribution in [2.45, 2.75) is 25.9 Å². The molecule has 0 N–H and O–H groups in total. The predicted octanol–water partition coefficient (Wildman–Crippen LogP) is 4.86. The number of aromatic nitrogens is 2. The molecular formula is C29H28ClN5O5. The monoisotopic (exact) mass is 561 g/mol. The summed E-state index contributed by atoms with van der Waals surface area (Å²) in [5.74, 6) is 0.818. The van der Waals surface area contributed by atoms with Gasteiger partial charge in [0, 0.05) is 37.3 Å². The number of fused-ring (bicyclic) bond motifs is 1. The number of rotatable bonds is 6. The summed E-state index contributed by atoms with van der Waals surface area (Å²) in [6.45, 7) is 5.35. The Bertz CT molecular complexity index is 1670. The van der Waals surface area contributed by atoms with Gasteiger partial charge < -0.3 is 9.64 Å². The SMILES string of the molecule is COc1ccccc1-n1c(C(C)N2CCN(C(=O)c3ccc(Cl)c([N+](=O)[O-])c3)C(C)C2)nc2ccccc2c1=O. The smallest absolute Gasteiger partial charge is 0.288 e. The summed E-state index contributed by atoms with van der Waals surface area (Å²) < 4.78 is 7.19. The third kappa shape index (κ3) is 4.91. The molecule has 2 atom stereocenters. The maximum absolute atomic E-state index is 13.8. The number of carbonyl (C=O) groups is 1. The number of amides is 1. The van der Waals surface area contributed by atoms with Crippen LogP contribution in [0.5, 0.6) is 5.75 Å². The summed E-state index contributed by atoms with van der Waals surface area (Å²) in [5, 5.41) is 11.8. The van der Waals surface area contributed by atoms with Crippen molar-refractivity contribution in [3.63, 3.8) is 0 Å². The Labute approximate surface area is 235 Å². The molecule has 4 aromatic rings. The Hall–Kier alpha value is -4.28. The van der Waals surface area contributed by atoms with Gasteiger partial charge >= 0.3 is 0 Å². The fraction of sp³-hybridized carbons (Fsp3) is 0.276. The molecule has 206 valence electrons. The lowest BCUT2D eigenvalue weighted by molar-refractivity contribution is -0.384. The zero-order valence-corrected chi connectivity index (χ0v) is 23.0. The molecule has 0 aliphatic carbocycles. The van der Waals surface area contributed by atoms with Gasteiger partial charge in [-0.05, 0) is 50.2 Å². The van der Waals surface area contributed by atoms with Gasteiger partial charge in [0.05, 0.1) is 34.7 Å². The standard InChI is InChI=1S/C29H28ClN5O5/c1-18-17-32(14-15-33(18)28(36)20-12-13-22(30)25(16-20)35(38)39)19(2)27-31-23-9-5-4-8-21(23)29(37)34(27)24-10-6-7-11-26(24)40-3/h4-13,16,18-19H,14-15,17H2,1-3H3. The van der Waals surface area contributed by atoms with Crippen LogP contribution in [0.1, 0.15) is 36.1 Å². The Kier molecular flexibility index (Phi) is 7.55. The third-order valence-electron chi connectivity index (χ3n) is 7.36. The molecule has 1 amide bonds. The summed E-state index contributed by atoms with van der Waals surface area (Å²) in [7, 11) is 1.56. The maximum Gasteiger partial charge on any atom is 0.288 e. The lowest BCUT2D eigenvalue weighted by Gasteiger charge is -2.42. The van der Waals surface area contributed by atoms with Gasteiger partial charge in [0.15, 0.2) is 0 Å². The molecule has 2 unspecified atom stereocenters. The van der Waals surface area contributed by atoms with Crippen molar-refractivity contribution in [3.05, 3.63) is 104 Å². The van der Waals surface area contributed by atoms with Crippen LogP contribution in [0.25, 0.3) is 16.6 Å². The number of nitro benzene ring substituents is 1. The van der Waals surface area contributed by atoms with Gasteiger partial charge in [0.2, 0.25) is 0 Å². The number of benzene rings is 3. The second-order valence-corrected chi connectivity index (χ2v) is 10.1. The highest BCUT2D eigenvalue weighted by Gasteiger charge is 2.33. The molecule has 1 aliphatic rings. The maximum atomic E-state index is 13.8. The van der Waals surface area contributed by atoms with Gasteiger partial charge in [0.1, 0.15) is 16.6 Å². The Morgan fingerprint density at radius 2 is 1.85 bits per heavy atom. The van der Waals surface area contributed by atoms with Gasteiger partial charge in [-0.2, -0.15) is 0 Å².